The molecule has 7 nitrogen and oxygen atoms in total. The molecule has 2 aromatic carbocycles. The van der Waals surface area contributed by atoms with Crippen molar-refractivity contribution in [1.82, 2.24) is 0 Å². The van der Waals surface area contributed by atoms with Gasteiger partial charge < -0.3 is 19.3 Å². The summed E-state index contributed by atoms with van der Waals surface area (Å²) >= 11 is 5.53. The van der Waals surface area contributed by atoms with Crippen LogP contribution in [0.5, 0.6) is 5.75 Å². The molecule has 0 spiro atoms. The number of carbonyl (C=O) groups is 2. The van der Waals surface area contributed by atoms with Crippen LogP contribution in [0.15, 0.2) is 53.4 Å². The van der Waals surface area contributed by atoms with E-state index < -0.39 is 23.6 Å². The molecule has 0 bridgehead atoms. The van der Waals surface area contributed by atoms with Crippen LogP contribution in [0.4, 0.5) is 10.5 Å². The lowest BCUT2D eigenvalue weighted by atomic mass is 9.80. The molecule has 0 saturated heterocycles. The molecule has 2 N–H and O–H groups in total. The molecule has 0 fully saturated rings. The van der Waals surface area contributed by atoms with Gasteiger partial charge in [0.05, 0.1) is 19.0 Å². The molecule has 2 rings (SSSR count). The summed E-state index contributed by atoms with van der Waals surface area (Å²) in [5, 5.41) is 11.7. The highest BCUT2D eigenvalue weighted by molar-refractivity contribution is 7.98. The molecule has 0 aromatic heterocycles. The van der Waals surface area contributed by atoms with Gasteiger partial charge in [0, 0.05) is 16.0 Å². The summed E-state index contributed by atoms with van der Waals surface area (Å²) in [6, 6.07) is 14.6. The number of anilines is 1. The van der Waals surface area contributed by atoms with Crippen LogP contribution in [0.2, 0.25) is 0 Å². The lowest BCUT2D eigenvalue weighted by Crippen LogP contribution is -2.30. The maximum atomic E-state index is 12.7. The fourth-order valence-electron chi connectivity index (χ4n) is 3.11. The van der Waals surface area contributed by atoms with Crippen molar-refractivity contribution in [3.8, 4) is 5.75 Å². The molecular weight excluding hydrogens is 462 g/mol. The predicted molar refractivity (Wildman–Crippen MR) is 133 cm³/mol. The average Bonchev–Trinajstić information content (AvgIpc) is 2.81. The van der Waals surface area contributed by atoms with Crippen molar-refractivity contribution in [1.29, 1.82) is 0 Å². The zero-order valence-corrected chi connectivity index (χ0v) is 20.8. The molecule has 1 amide bonds. The molecule has 2 aromatic rings. The Labute approximate surface area is 204 Å². The summed E-state index contributed by atoms with van der Waals surface area (Å²) < 4.78 is 16.5. The second kappa shape index (κ2) is 13.4. The Hall–Kier alpha value is -2.36. The van der Waals surface area contributed by atoms with Gasteiger partial charge in [-0.15, -0.1) is 11.8 Å². The zero-order chi connectivity index (χ0) is 24.3. The minimum absolute atomic E-state index is 0.00733. The number of esters is 1. The lowest BCUT2D eigenvalue weighted by Gasteiger charge is -2.34. The van der Waals surface area contributed by atoms with Crippen molar-refractivity contribution < 1.29 is 28.9 Å². The number of carbonyl (C=O) groups excluding carboxylic acids is 2. The Morgan fingerprint density at radius 1 is 1.09 bits per heavy atom. The normalized spacial score (nSPS) is 12.0. The molecule has 0 aliphatic heterocycles. The topological polar surface area (TPSA) is 94.1 Å². The predicted octanol–water partition coefficient (Wildman–Crippen LogP) is 4.96. The second-order valence-corrected chi connectivity index (χ2v) is 9.09. The van der Waals surface area contributed by atoms with Crippen LogP contribution in [0, 0.1) is 5.41 Å². The molecule has 1 atom stereocenters. The molecule has 0 radical (unpaired) electrons. The molecule has 0 saturated carbocycles. The van der Waals surface area contributed by atoms with Crippen molar-refractivity contribution in [3.63, 3.8) is 0 Å². The highest BCUT2D eigenvalue weighted by Crippen LogP contribution is 2.40. The van der Waals surface area contributed by atoms with Crippen LogP contribution in [-0.2, 0) is 14.3 Å². The second-order valence-electron chi connectivity index (χ2n) is 7.90. The van der Waals surface area contributed by atoms with Crippen molar-refractivity contribution in [2.75, 3.05) is 37.1 Å². The van der Waals surface area contributed by atoms with E-state index in [1.165, 1.54) is 0 Å². The van der Waals surface area contributed by atoms with Gasteiger partial charge in [0.25, 0.3) is 0 Å². The molecule has 0 heterocycles. The molecular formula is C24H31NO6S2. The van der Waals surface area contributed by atoms with Gasteiger partial charge in [-0.2, -0.15) is 12.6 Å². The van der Waals surface area contributed by atoms with Crippen molar-refractivity contribution >= 4 is 42.1 Å². The Balaban J connectivity index is 2.17. The van der Waals surface area contributed by atoms with Crippen molar-refractivity contribution in [2.45, 2.75) is 31.3 Å². The van der Waals surface area contributed by atoms with Crippen LogP contribution < -0.4 is 10.1 Å². The smallest absolute Gasteiger partial charge is 0.412 e. The Morgan fingerprint density at radius 2 is 1.76 bits per heavy atom. The molecule has 0 unspecified atom stereocenters. The highest BCUT2D eigenvalue weighted by Gasteiger charge is 2.34. The minimum atomic E-state index is -0.621. The summed E-state index contributed by atoms with van der Waals surface area (Å²) in [4.78, 5) is 25.3. The minimum Gasteiger partial charge on any atom is -0.491 e. The van der Waals surface area contributed by atoms with E-state index in [9.17, 15) is 9.59 Å². The Morgan fingerprint density at radius 3 is 2.33 bits per heavy atom. The van der Waals surface area contributed by atoms with Gasteiger partial charge in [0.15, 0.2) is 0 Å². The van der Waals surface area contributed by atoms with E-state index in [2.05, 4.69) is 17.9 Å². The first-order chi connectivity index (χ1) is 15.8. The number of aliphatic hydroxyl groups is 1. The number of hydrogen-bond donors (Lipinski definition) is 3. The SMILES string of the molecule is CSc1ccc(NC(=O)O[C@@H](c2ccc(OCCO)cc2)C(C)(C)CCOC(=O)CS)cc1. The number of amides is 1. The van der Waals surface area contributed by atoms with Gasteiger partial charge in [-0.3, -0.25) is 10.1 Å². The van der Waals surface area contributed by atoms with Gasteiger partial charge >= 0.3 is 12.1 Å². The first-order valence-corrected chi connectivity index (χ1v) is 12.4. The quantitative estimate of drug-likeness (QED) is 0.219. The number of hydrogen-bond acceptors (Lipinski definition) is 8. The monoisotopic (exact) mass is 493 g/mol. The number of thioether (sulfide) groups is 1. The van der Waals surface area contributed by atoms with Crippen LogP contribution in [0.3, 0.4) is 0 Å². The third-order valence-electron chi connectivity index (χ3n) is 4.95. The van der Waals surface area contributed by atoms with Crippen LogP contribution >= 0.6 is 24.4 Å². The highest BCUT2D eigenvalue weighted by atomic mass is 32.2. The standard InChI is InChI=1S/C24H31NO6S2/c1-24(2,12-14-30-21(27)16-32)22(17-4-8-19(9-5-17)29-15-13-26)31-23(28)25-18-6-10-20(33-3)11-7-18/h4-11,22,26,32H,12-16H2,1-3H3,(H,25,28)/t22-/m0/s1. The van der Waals surface area contributed by atoms with Crippen LogP contribution in [0.25, 0.3) is 0 Å². The van der Waals surface area contributed by atoms with Gasteiger partial charge in [-0.05, 0) is 54.6 Å². The molecule has 9 heteroatoms. The number of aliphatic hydroxyl groups excluding tert-OH is 1. The fourth-order valence-corrected chi connectivity index (χ4v) is 3.61. The third-order valence-corrected chi connectivity index (χ3v) is 5.95. The number of nitrogens with one attached hydrogen (secondary N) is 1. The van der Waals surface area contributed by atoms with Gasteiger partial charge in [-0.1, -0.05) is 26.0 Å². The summed E-state index contributed by atoms with van der Waals surface area (Å²) in [7, 11) is 0. The van der Waals surface area contributed by atoms with Gasteiger partial charge in [-0.25, -0.2) is 4.79 Å². The molecule has 0 aliphatic carbocycles. The zero-order valence-electron chi connectivity index (χ0n) is 19.1. The van der Waals surface area contributed by atoms with Crippen molar-refractivity contribution in [3.05, 3.63) is 54.1 Å². The van der Waals surface area contributed by atoms with Crippen molar-refractivity contribution in [2.24, 2.45) is 5.41 Å². The summed E-state index contributed by atoms with van der Waals surface area (Å²) in [5.74, 6) is 0.210. The number of benzene rings is 2. The summed E-state index contributed by atoms with van der Waals surface area (Å²) in [6.07, 6.45) is 1.25. The largest absolute Gasteiger partial charge is 0.491 e. The van der Waals surface area contributed by atoms with E-state index in [1.54, 1.807) is 23.9 Å². The molecule has 33 heavy (non-hydrogen) atoms. The summed E-state index contributed by atoms with van der Waals surface area (Å²) in [6.45, 7) is 4.19. The van der Waals surface area contributed by atoms with Gasteiger partial charge in [0.2, 0.25) is 0 Å². The number of ether oxygens (including phenoxy) is 3. The third kappa shape index (κ3) is 8.83. The van der Waals surface area contributed by atoms with E-state index in [-0.39, 0.29) is 25.6 Å². The lowest BCUT2D eigenvalue weighted by molar-refractivity contribution is -0.141. The van der Waals surface area contributed by atoms with Crippen LogP contribution in [-0.4, -0.2) is 49.0 Å². The van der Waals surface area contributed by atoms with E-state index in [1.807, 2.05) is 56.5 Å². The van der Waals surface area contributed by atoms with Crippen LogP contribution in [0.1, 0.15) is 31.9 Å². The number of rotatable bonds is 12. The summed E-state index contributed by atoms with van der Waals surface area (Å²) in [5.41, 5.74) is 0.847. The first-order valence-electron chi connectivity index (χ1n) is 10.5. The Kier molecular flexibility index (Phi) is 10.9. The maximum Gasteiger partial charge on any atom is 0.412 e. The molecule has 0 aliphatic rings. The van der Waals surface area contributed by atoms with E-state index in [0.717, 1.165) is 10.5 Å². The fraction of sp³-hybridized carbons (Fsp3) is 0.417. The number of thiol groups is 1. The maximum absolute atomic E-state index is 12.7. The van der Waals surface area contributed by atoms with E-state index in [0.29, 0.717) is 17.9 Å². The average molecular weight is 494 g/mol. The van der Waals surface area contributed by atoms with E-state index >= 15 is 0 Å². The van der Waals surface area contributed by atoms with Gasteiger partial charge in [0.1, 0.15) is 18.5 Å². The first kappa shape index (κ1) is 26.9. The molecule has 180 valence electrons. The van der Waals surface area contributed by atoms with E-state index in [4.69, 9.17) is 19.3 Å². The Bertz CT molecular complexity index is 887.